The van der Waals surface area contributed by atoms with Crippen LogP contribution < -0.4 is 10.1 Å². The molecule has 3 aromatic rings. The normalized spacial score (nSPS) is 10.3. The van der Waals surface area contributed by atoms with Crippen LogP contribution in [0.2, 0.25) is 10.0 Å². The number of amides is 1. The molecule has 1 amide bonds. The maximum atomic E-state index is 12.5. The zero-order valence-electron chi connectivity index (χ0n) is 17.0. The van der Waals surface area contributed by atoms with Crippen LogP contribution in [-0.4, -0.2) is 17.0 Å². The number of rotatable bonds is 7. The lowest BCUT2D eigenvalue weighted by molar-refractivity contribution is -0.136. The lowest BCUT2D eigenvalue weighted by Crippen LogP contribution is -2.15. The Morgan fingerprint density at radius 1 is 1.03 bits per heavy atom. The molecule has 0 bridgehead atoms. The average molecular weight is 469 g/mol. The molecule has 0 heterocycles. The fraction of sp³-hybridized carbons (Fsp3) is 0.125. The van der Waals surface area contributed by atoms with Gasteiger partial charge in [0.15, 0.2) is 0 Å². The summed E-state index contributed by atoms with van der Waals surface area (Å²) in [6.07, 6.45) is -0.0780. The molecule has 0 saturated heterocycles. The number of anilines is 1. The number of benzene rings is 3. The first-order valence-electron chi connectivity index (χ1n) is 9.51. The number of ether oxygens (including phenoxy) is 1. The number of hydrogen-bond acceptors (Lipinski definition) is 4. The van der Waals surface area contributed by atoms with E-state index in [1.807, 2.05) is 25.1 Å². The molecule has 0 aromatic heterocycles. The van der Waals surface area contributed by atoms with Crippen LogP contribution in [0.5, 0.6) is 11.5 Å². The number of nitriles is 1. The van der Waals surface area contributed by atoms with Gasteiger partial charge in [0.05, 0.1) is 35.2 Å². The minimum Gasteiger partial charge on any atom is -0.481 e. The van der Waals surface area contributed by atoms with Crippen LogP contribution >= 0.6 is 23.2 Å². The summed E-state index contributed by atoms with van der Waals surface area (Å²) in [6.45, 7) is 1.87. The summed E-state index contributed by atoms with van der Waals surface area (Å²) in [5, 5.41) is 21.4. The van der Waals surface area contributed by atoms with Gasteiger partial charge in [0.1, 0.15) is 11.5 Å². The lowest BCUT2D eigenvalue weighted by atomic mass is 10.1. The van der Waals surface area contributed by atoms with E-state index in [0.717, 1.165) is 5.56 Å². The summed E-state index contributed by atoms with van der Waals surface area (Å²) >= 11 is 12.2. The molecule has 3 aromatic carbocycles. The smallest absolute Gasteiger partial charge is 0.307 e. The Bertz CT molecular complexity index is 1240. The van der Waals surface area contributed by atoms with Crippen LogP contribution in [0.3, 0.4) is 0 Å². The van der Waals surface area contributed by atoms with Gasteiger partial charge in [-0.25, -0.2) is 0 Å². The fourth-order valence-electron chi connectivity index (χ4n) is 3.00. The van der Waals surface area contributed by atoms with E-state index in [-0.39, 0.29) is 23.8 Å². The Labute approximate surface area is 195 Å². The van der Waals surface area contributed by atoms with E-state index < -0.39 is 5.97 Å². The first-order valence-corrected chi connectivity index (χ1v) is 10.3. The highest BCUT2D eigenvalue weighted by Crippen LogP contribution is 2.29. The van der Waals surface area contributed by atoms with Gasteiger partial charge >= 0.3 is 5.97 Å². The zero-order valence-corrected chi connectivity index (χ0v) is 18.5. The number of nitrogens with zero attached hydrogens (tertiary/aromatic N) is 1. The molecule has 8 heteroatoms. The van der Waals surface area contributed by atoms with Crippen molar-refractivity contribution in [1.29, 1.82) is 5.26 Å². The van der Waals surface area contributed by atoms with Crippen molar-refractivity contribution in [2.24, 2.45) is 0 Å². The summed E-state index contributed by atoms with van der Waals surface area (Å²) in [6, 6.07) is 16.9. The van der Waals surface area contributed by atoms with E-state index in [1.54, 1.807) is 36.4 Å². The largest absolute Gasteiger partial charge is 0.481 e. The number of aryl methyl sites for hydroxylation is 1. The first-order chi connectivity index (χ1) is 15.2. The molecular formula is C24H18Cl2N2O4. The van der Waals surface area contributed by atoms with Crippen molar-refractivity contribution in [3.8, 4) is 17.6 Å². The van der Waals surface area contributed by atoms with Crippen molar-refractivity contribution >= 4 is 40.8 Å². The van der Waals surface area contributed by atoms with Gasteiger partial charge in [0, 0.05) is 5.02 Å². The monoisotopic (exact) mass is 468 g/mol. The molecule has 0 fully saturated rings. The third-order valence-corrected chi connectivity index (χ3v) is 5.04. The van der Waals surface area contributed by atoms with E-state index in [2.05, 4.69) is 5.32 Å². The molecule has 3 rings (SSSR count). The van der Waals surface area contributed by atoms with E-state index in [4.69, 9.17) is 38.3 Å². The number of halogens is 2. The van der Waals surface area contributed by atoms with E-state index in [0.29, 0.717) is 38.9 Å². The fourth-order valence-corrected chi connectivity index (χ4v) is 3.48. The van der Waals surface area contributed by atoms with Crippen LogP contribution in [0.15, 0.2) is 54.6 Å². The van der Waals surface area contributed by atoms with Gasteiger partial charge in [-0.1, -0.05) is 41.4 Å². The molecule has 6 nitrogen and oxygen atoms in total. The van der Waals surface area contributed by atoms with Crippen LogP contribution in [-0.2, 0) is 22.4 Å². The maximum Gasteiger partial charge on any atom is 0.307 e. The van der Waals surface area contributed by atoms with E-state index >= 15 is 0 Å². The Balaban J connectivity index is 1.72. The Morgan fingerprint density at radius 2 is 1.75 bits per heavy atom. The number of carbonyl (C=O) groups excluding carboxylic acids is 1. The van der Waals surface area contributed by atoms with Crippen molar-refractivity contribution in [3.63, 3.8) is 0 Å². The molecule has 0 spiro atoms. The topological polar surface area (TPSA) is 99.4 Å². The van der Waals surface area contributed by atoms with Gasteiger partial charge in [-0.15, -0.1) is 0 Å². The predicted molar refractivity (Wildman–Crippen MR) is 123 cm³/mol. The molecular weight excluding hydrogens is 451 g/mol. The highest BCUT2D eigenvalue weighted by Gasteiger charge is 2.11. The summed E-state index contributed by atoms with van der Waals surface area (Å²) < 4.78 is 5.90. The molecule has 0 radical (unpaired) electrons. The van der Waals surface area contributed by atoms with Crippen molar-refractivity contribution in [3.05, 3.63) is 86.9 Å². The first kappa shape index (κ1) is 23.1. The molecule has 2 N–H and O–H groups in total. The zero-order chi connectivity index (χ0) is 23.3. The second-order valence-corrected chi connectivity index (χ2v) is 7.94. The molecule has 0 saturated carbocycles. The minimum atomic E-state index is -0.961. The number of carboxylic acids is 1. The van der Waals surface area contributed by atoms with Gasteiger partial charge in [0.25, 0.3) is 0 Å². The van der Waals surface area contributed by atoms with Gasteiger partial charge in [-0.05, 0) is 60.0 Å². The maximum absolute atomic E-state index is 12.5. The van der Waals surface area contributed by atoms with Crippen molar-refractivity contribution in [1.82, 2.24) is 0 Å². The van der Waals surface area contributed by atoms with Crippen LogP contribution in [0.4, 0.5) is 5.69 Å². The summed E-state index contributed by atoms with van der Waals surface area (Å²) in [5.41, 5.74) is 2.89. The molecule has 0 atom stereocenters. The predicted octanol–water partition coefficient (Wildman–Crippen LogP) is 5.77. The van der Waals surface area contributed by atoms with Crippen LogP contribution in [0.1, 0.15) is 22.3 Å². The van der Waals surface area contributed by atoms with Crippen molar-refractivity contribution in [2.75, 3.05) is 5.32 Å². The molecule has 0 unspecified atom stereocenters. The Morgan fingerprint density at radius 3 is 2.44 bits per heavy atom. The minimum absolute atomic E-state index is 0.0723. The molecule has 32 heavy (non-hydrogen) atoms. The van der Waals surface area contributed by atoms with Crippen LogP contribution in [0.25, 0.3) is 0 Å². The molecule has 0 aliphatic rings. The summed E-state index contributed by atoms with van der Waals surface area (Å²) in [5.74, 6) is -0.288. The number of carbonyl (C=O) groups is 2. The Kier molecular flexibility index (Phi) is 7.37. The summed E-state index contributed by atoms with van der Waals surface area (Å²) in [7, 11) is 0. The van der Waals surface area contributed by atoms with E-state index in [1.165, 1.54) is 6.07 Å². The molecule has 0 aliphatic carbocycles. The Hall–Kier alpha value is -3.53. The highest BCUT2D eigenvalue weighted by atomic mass is 35.5. The number of aliphatic carboxylic acids is 1. The quantitative estimate of drug-likeness (QED) is 0.458. The highest BCUT2D eigenvalue weighted by molar-refractivity contribution is 6.33. The van der Waals surface area contributed by atoms with Gasteiger partial charge in [-0.3, -0.25) is 9.59 Å². The second kappa shape index (κ2) is 10.2. The third kappa shape index (κ3) is 6.24. The average Bonchev–Trinajstić information content (AvgIpc) is 2.71. The number of hydrogen-bond donors (Lipinski definition) is 2. The third-order valence-electron chi connectivity index (χ3n) is 4.51. The van der Waals surface area contributed by atoms with Crippen LogP contribution in [0, 0.1) is 18.3 Å². The van der Waals surface area contributed by atoms with Crippen molar-refractivity contribution in [2.45, 2.75) is 19.8 Å². The van der Waals surface area contributed by atoms with Crippen molar-refractivity contribution < 1.29 is 19.4 Å². The lowest BCUT2D eigenvalue weighted by Gasteiger charge is -2.12. The van der Waals surface area contributed by atoms with Gasteiger partial charge in [-0.2, -0.15) is 5.26 Å². The van der Waals surface area contributed by atoms with Gasteiger partial charge in [0.2, 0.25) is 5.91 Å². The molecule has 0 aliphatic heterocycles. The van der Waals surface area contributed by atoms with E-state index in [9.17, 15) is 9.59 Å². The van der Waals surface area contributed by atoms with Gasteiger partial charge < -0.3 is 15.2 Å². The molecule has 162 valence electrons. The number of nitrogens with one attached hydrogen (secondary N) is 1. The SMILES string of the molecule is Cc1ccc(CC(=O)Nc2ccc(CC(=O)O)cc2Cl)cc1Oc1cc(Cl)cc(C#N)c1. The standard InChI is InChI=1S/C24H18Cl2N2O4/c1-14-2-3-16(9-22(14)32-19-7-17(13-27)6-18(25)12-19)10-23(29)28-21-5-4-15(8-20(21)26)11-24(30)31/h2-9,12H,10-11H2,1H3,(H,28,29)(H,30,31). The second-order valence-electron chi connectivity index (χ2n) is 7.10. The number of carboxylic acid groups (broad SMARTS) is 1. The summed E-state index contributed by atoms with van der Waals surface area (Å²) in [4.78, 5) is 23.3.